The number of hydrogen-bond acceptors (Lipinski definition) is 5. The molecule has 0 aromatic heterocycles. The van der Waals surface area contributed by atoms with Crippen molar-refractivity contribution in [2.75, 3.05) is 13.1 Å². The number of rotatable bonds is 9. The Bertz CT molecular complexity index is 1180. The number of carbonyl (C=O) groups is 3. The van der Waals surface area contributed by atoms with E-state index in [0.29, 0.717) is 17.3 Å². The van der Waals surface area contributed by atoms with E-state index >= 15 is 0 Å². The van der Waals surface area contributed by atoms with E-state index in [1.165, 1.54) is 23.1 Å². The van der Waals surface area contributed by atoms with Crippen molar-refractivity contribution in [1.82, 2.24) is 14.5 Å². The smallest absolute Gasteiger partial charge is 0.269 e. The van der Waals surface area contributed by atoms with Gasteiger partial charge >= 0.3 is 0 Å². The Morgan fingerprint density at radius 1 is 1.06 bits per heavy atom. The SMILES string of the molecule is CC[C@@H](C(=O)NCC(C)C)N(Cc1ccc(C)cc1)C(=O)CN1C(=O)c2ccccc2S1(=O)=O. The predicted octanol–water partition coefficient (Wildman–Crippen LogP) is 2.72. The van der Waals surface area contributed by atoms with Crippen LogP contribution in [-0.4, -0.2) is 54.5 Å². The second kappa shape index (κ2) is 10.4. The molecule has 9 heteroatoms. The molecule has 3 amide bonds. The largest absolute Gasteiger partial charge is 0.354 e. The Kier molecular flexibility index (Phi) is 7.76. The minimum atomic E-state index is -4.14. The van der Waals surface area contributed by atoms with E-state index in [1.54, 1.807) is 13.0 Å². The van der Waals surface area contributed by atoms with Crippen molar-refractivity contribution in [3.05, 3.63) is 65.2 Å². The van der Waals surface area contributed by atoms with Crippen LogP contribution in [0.15, 0.2) is 53.4 Å². The van der Waals surface area contributed by atoms with Crippen LogP contribution >= 0.6 is 0 Å². The van der Waals surface area contributed by atoms with Gasteiger partial charge < -0.3 is 10.2 Å². The third kappa shape index (κ3) is 5.30. The van der Waals surface area contributed by atoms with Gasteiger partial charge in [-0.15, -0.1) is 0 Å². The van der Waals surface area contributed by atoms with Crippen molar-refractivity contribution >= 4 is 27.7 Å². The standard InChI is InChI=1S/C25H31N3O5S/c1-5-21(24(30)26-14-17(2)3)27(15-19-12-10-18(4)11-13-19)23(29)16-28-25(31)20-8-6-7-9-22(20)34(28,32)33/h6-13,17,21H,5,14-16H2,1-4H3,(H,26,30)/t21-/m0/s1. The normalized spacial score (nSPS) is 15.2. The van der Waals surface area contributed by atoms with Gasteiger partial charge in [-0.3, -0.25) is 14.4 Å². The van der Waals surface area contributed by atoms with Crippen LogP contribution in [0.2, 0.25) is 0 Å². The third-order valence-electron chi connectivity index (χ3n) is 5.73. The Balaban J connectivity index is 1.90. The van der Waals surface area contributed by atoms with Crippen LogP contribution in [0, 0.1) is 12.8 Å². The molecule has 8 nitrogen and oxygen atoms in total. The van der Waals surface area contributed by atoms with Crippen LogP contribution in [0.3, 0.4) is 0 Å². The Morgan fingerprint density at radius 3 is 2.29 bits per heavy atom. The summed E-state index contributed by atoms with van der Waals surface area (Å²) in [5.74, 6) is -1.43. The van der Waals surface area contributed by atoms with Gasteiger partial charge in [0.2, 0.25) is 11.8 Å². The molecule has 0 fully saturated rings. The van der Waals surface area contributed by atoms with E-state index in [1.807, 2.05) is 45.0 Å². The van der Waals surface area contributed by atoms with E-state index in [0.717, 1.165) is 11.1 Å². The molecule has 0 aliphatic carbocycles. The molecule has 0 radical (unpaired) electrons. The summed E-state index contributed by atoms with van der Waals surface area (Å²) >= 11 is 0. The number of fused-ring (bicyclic) bond motifs is 1. The second-order valence-corrected chi connectivity index (χ2v) is 10.7. The molecule has 3 rings (SSSR count). The lowest BCUT2D eigenvalue weighted by molar-refractivity contribution is -0.141. The van der Waals surface area contributed by atoms with Gasteiger partial charge in [0, 0.05) is 13.1 Å². The molecule has 1 aliphatic rings. The number of hydrogen-bond donors (Lipinski definition) is 1. The summed E-state index contributed by atoms with van der Waals surface area (Å²) in [4.78, 5) is 40.5. The van der Waals surface area contributed by atoms with Crippen molar-refractivity contribution in [2.45, 2.75) is 51.6 Å². The van der Waals surface area contributed by atoms with E-state index in [-0.39, 0.29) is 28.8 Å². The lowest BCUT2D eigenvalue weighted by Gasteiger charge is -2.32. The summed E-state index contributed by atoms with van der Waals surface area (Å²) in [6.45, 7) is 7.58. The number of nitrogens with one attached hydrogen (secondary N) is 1. The predicted molar refractivity (Wildman–Crippen MR) is 128 cm³/mol. The molecule has 1 aliphatic heterocycles. The van der Waals surface area contributed by atoms with Gasteiger partial charge in [0.25, 0.3) is 15.9 Å². The van der Waals surface area contributed by atoms with Crippen LogP contribution in [0.25, 0.3) is 0 Å². The first-order valence-corrected chi connectivity index (χ1v) is 12.8. The highest BCUT2D eigenvalue weighted by molar-refractivity contribution is 7.90. The van der Waals surface area contributed by atoms with Crippen molar-refractivity contribution < 1.29 is 22.8 Å². The highest BCUT2D eigenvalue weighted by Gasteiger charge is 2.43. The van der Waals surface area contributed by atoms with Crippen LogP contribution in [0.5, 0.6) is 0 Å². The molecule has 0 saturated carbocycles. The van der Waals surface area contributed by atoms with Gasteiger partial charge in [0.1, 0.15) is 17.5 Å². The first-order chi connectivity index (χ1) is 16.1. The summed E-state index contributed by atoms with van der Waals surface area (Å²) in [7, 11) is -4.14. The van der Waals surface area contributed by atoms with E-state index in [9.17, 15) is 22.8 Å². The zero-order valence-corrected chi connectivity index (χ0v) is 20.8. The van der Waals surface area contributed by atoms with Gasteiger partial charge in [-0.05, 0) is 37.0 Å². The van der Waals surface area contributed by atoms with Gasteiger partial charge in [0.05, 0.1) is 5.56 Å². The van der Waals surface area contributed by atoms with Gasteiger partial charge in [-0.25, -0.2) is 12.7 Å². The molecule has 0 saturated heterocycles. The summed E-state index contributed by atoms with van der Waals surface area (Å²) in [6.07, 6.45) is 0.336. The molecule has 0 bridgehead atoms. The molecule has 182 valence electrons. The first-order valence-electron chi connectivity index (χ1n) is 11.3. The van der Waals surface area contributed by atoms with Crippen LogP contribution < -0.4 is 5.32 Å². The number of carbonyl (C=O) groups excluding carboxylic acids is 3. The maximum Gasteiger partial charge on any atom is 0.269 e. The van der Waals surface area contributed by atoms with Crippen LogP contribution in [0.1, 0.15) is 48.7 Å². The van der Waals surface area contributed by atoms with Crippen LogP contribution in [-0.2, 0) is 26.2 Å². The number of sulfonamides is 1. The highest BCUT2D eigenvalue weighted by atomic mass is 32.2. The number of aryl methyl sites for hydroxylation is 1. The number of amides is 3. The first kappa shape index (κ1) is 25.4. The average Bonchev–Trinajstić information content (AvgIpc) is 2.99. The molecule has 34 heavy (non-hydrogen) atoms. The highest BCUT2D eigenvalue weighted by Crippen LogP contribution is 2.30. The monoisotopic (exact) mass is 485 g/mol. The van der Waals surface area contributed by atoms with Crippen molar-refractivity contribution in [2.24, 2.45) is 5.92 Å². The molecule has 2 aromatic rings. The molecular weight excluding hydrogens is 454 g/mol. The molecule has 0 unspecified atom stereocenters. The average molecular weight is 486 g/mol. The summed E-state index contributed by atoms with van der Waals surface area (Å²) < 4.78 is 26.5. The summed E-state index contributed by atoms with van der Waals surface area (Å²) in [5, 5.41) is 2.86. The van der Waals surface area contributed by atoms with Crippen molar-refractivity contribution in [1.29, 1.82) is 0 Å². The fourth-order valence-corrected chi connectivity index (χ4v) is 5.35. The van der Waals surface area contributed by atoms with Gasteiger partial charge in [0.15, 0.2) is 0 Å². The van der Waals surface area contributed by atoms with E-state index in [4.69, 9.17) is 0 Å². The maximum absolute atomic E-state index is 13.5. The zero-order chi connectivity index (χ0) is 25.0. The third-order valence-corrected chi connectivity index (χ3v) is 7.52. The molecule has 1 atom stereocenters. The Labute approximate surface area is 201 Å². The topological polar surface area (TPSA) is 104 Å². The molecule has 1 heterocycles. The lowest BCUT2D eigenvalue weighted by atomic mass is 10.1. The minimum Gasteiger partial charge on any atom is -0.354 e. The van der Waals surface area contributed by atoms with Crippen molar-refractivity contribution in [3.8, 4) is 0 Å². The summed E-state index contributed by atoms with van der Waals surface area (Å²) in [5.41, 5.74) is 1.89. The molecule has 2 aromatic carbocycles. The fourth-order valence-electron chi connectivity index (χ4n) is 3.83. The van der Waals surface area contributed by atoms with Crippen LogP contribution in [0.4, 0.5) is 0 Å². The number of benzene rings is 2. The van der Waals surface area contributed by atoms with E-state index in [2.05, 4.69) is 5.32 Å². The lowest BCUT2D eigenvalue weighted by Crippen LogP contribution is -2.52. The Morgan fingerprint density at radius 2 is 1.71 bits per heavy atom. The maximum atomic E-state index is 13.5. The van der Waals surface area contributed by atoms with Gasteiger partial charge in [-0.2, -0.15) is 0 Å². The molecular formula is C25H31N3O5S. The zero-order valence-electron chi connectivity index (χ0n) is 19.9. The van der Waals surface area contributed by atoms with Gasteiger partial charge in [-0.1, -0.05) is 62.7 Å². The quantitative estimate of drug-likeness (QED) is 0.588. The molecule has 0 spiro atoms. The molecule has 1 N–H and O–H groups in total. The second-order valence-electron chi connectivity index (χ2n) is 8.88. The van der Waals surface area contributed by atoms with Crippen molar-refractivity contribution in [3.63, 3.8) is 0 Å². The van der Waals surface area contributed by atoms with E-state index < -0.39 is 34.4 Å². The minimum absolute atomic E-state index is 0.0436. The fraction of sp³-hybridized carbons (Fsp3) is 0.400. The Hall–Kier alpha value is -3.20. The summed E-state index contributed by atoms with van der Waals surface area (Å²) in [6, 6.07) is 12.6. The number of nitrogens with zero attached hydrogens (tertiary/aromatic N) is 2.